The minimum atomic E-state index is 0.235. The second kappa shape index (κ2) is 9.72. The summed E-state index contributed by atoms with van der Waals surface area (Å²) in [5, 5.41) is 12.9. The molecule has 20 heavy (non-hydrogen) atoms. The van der Waals surface area contributed by atoms with Crippen LogP contribution in [0.5, 0.6) is 0 Å². The Hall–Kier alpha value is -0.160. The molecule has 0 saturated heterocycles. The monoisotopic (exact) mass is 286 g/mol. The van der Waals surface area contributed by atoms with Crippen LogP contribution in [-0.4, -0.2) is 63.1 Å². The summed E-state index contributed by atoms with van der Waals surface area (Å²) in [6.45, 7) is 10.5. The van der Waals surface area contributed by atoms with Gasteiger partial charge in [0, 0.05) is 33.3 Å². The second-order valence-corrected chi connectivity index (χ2v) is 6.72. The summed E-state index contributed by atoms with van der Waals surface area (Å²) in [7, 11) is 1.74. The first-order valence-corrected chi connectivity index (χ1v) is 8.15. The molecule has 4 nitrogen and oxygen atoms in total. The van der Waals surface area contributed by atoms with Crippen LogP contribution in [-0.2, 0) is 4.74 Å². The topological polar surface area (TPSA) is 44.7 Å². The number of ether oxygens (including phenoxy) is 1. The molecular formula is C16H34N2O2. The first kappa shape index (κ1) is 17.9. The van der Waals surface area contributed by atoms with Gasteiger partial charge in [-0.15, -0.1) is 0 Å². The highest BCUT2D eigenvalue weighted by molar-refractivity contribution is 4.89. The van der Waals surface area contributed by atoms with Crippen molar-refractivity contribution in [1.29, 1.82) is 0 Å². The first-order chi connectivity index (χ1) is 9.62. The van der Waals surface area contributed by atoms with E-state index in [0.29, 0.717) is 11.3 Å². The van der Waals surface area contributed by atoms with Gasteiger partial charge in [0.2, 0.25) is 0 Å². The molecule has 0 bridgehead atoms. The highest BCUT2D eigenvalue weighted by Crippen LogP contribution is 2.38. The summed E-state index contributed by atoms with van der Waals surface area (Å²) in [4.78, 5) is 2.37. The Morgan fingerprint density at radius 1 is 1.25 bits per heavy atom. The van der Waals surface area contributed by atoms with Crippen LogP contribution in [0.1, 0.15) is 39.5 Å². The molecule has 120 valence electrons. The van der Waals surface area contributed by atoms with E-state index in [0.717, 1.165) is 39.3 Å². The Kier molecular flexibility index (Phi) is 8.69. The van der Waals surface area contributed by atoms with Crippen LogP contribution < -0.4 is 5.32 Å². The predicted octanol–water partition coefficient (Wildman–Crippen LogP) is 1.73. The van der Waals surface area contributed by atoms with Crippen molar-refractivity contribution in [2.75, 3.05) is 53.0 Å². The number of nitrogens with zero attached hydrogens (tertiary/aromatic N) is 1. The molecule has 0 radical (unpaired) electrons. The molecule has 1 aliphatic carbocycles. The van der Waals surface area contributed by atoms with Crippen LogP contribution in [0.25, 0.3) is 0 Å². The smallest absolute Gasteiger partial charge is 0.0589 e. The van der Waals surface area contributed by atoms with Crippen molar-refractivity contribution in [3.05, 3.63) is 0 Å². The minimum Gasteiger partial charge on any atom is -0.395 e. The molecule has 0 unspecified atom stereocenters. The summed E-state index contributed by atoms with van der Waals surface area (Å²) in [5.74, 6) is 0.704. The highest BCUT2D eigenvalue weighted by atomic mass is 16.5. The average molecular weight is 286 g/mol. The van der Waals surface area contributed by atoms with Gasteiger partial charge in [0.05, 0.1) is 13.2 Å². The van der Waals surface area contributed by atoms with Crippen LogP contribution in [0.2, 0.25) is 0 Å². The number of rotatable bonds is 11. The van der Waals surface area contributed by atoms with Crippen molar-refractivity contribution in [3.63, 3.8) is 0 Å². The Balaban J connectivity index is 2.49. The molecule has 1 fully saturated rings. The molecule has 4 heteroatoms. The maximum atomic E-state index is 9.24. The second-order valence-electron chi connectivity index (χ2n) is 6.72. The fourth-order valence-electron chi connectivity index (χ4n) is 3.25. The largest absolute Gasteiger partial charge is 0.395 e. The van der Waals surface area contributed by atoms with Crippen LogP contribution in [0.4, 0.5) is 0 Å². The van der Waals surface area contributed by atoms with Gasteiger partial charge in [-0.2, -0.15) is 0 Å². The normalized spacial score (nSPS) is 18.3. The lowest BCUT2D eigenvalue weighted by atomic mass is 9.85. The van der Waals surface area contributed by atoms with Crippen molar-refractivity contribution >= 4 is 0 Å². The highest BCUT2D eigenvalue weighted by Gasteiger charge is 2.35. The Bertz CT molecular complexity index is 241. The summed E-state index contributed by atoms with van der Waals surface area (Å²) in [6.07, 6.45) is 5.32. The van der Waals surface area contributed by atoms with Crippen LogP contribution in [0.15, 0.2) is 0 Å². The van der Waals surface area contributed by atoms with E-state index in [1.54, 1.807) is 7.11 Å². The fraction of sp³-hybridized carbons (Fsp3) is 1.00. The van der Waals surface area contributed by atoms with E-state index < -0.39 is 0 Å². The van der Waals surface area contributed by atoms with Crippen LogP contribution in [0, 0.1) is 11.3 Å². The molecule has 0 aromatic rings. The molecule has 1 saturated carbocycles. The average Bonchev–Trinajstić information content (AvgIpc) is 2.84. The van der Waals surface area contributed by atoms with E-state index in [2.05, 4.69) is 24.1 Å². The molecule has 0 aliphatic heterocycles. The molecule has 0 atom stereocenters. The molecule has 0 aromatic heterocycles. The first-order valence-electron chi connectivity index (χ1n) is 8.15. The maximum Gasteiger partial charge on any atom is 0.0589 e. The van der Waals surface area contributed by atoms with E-state index >= 15 is 0 Å². The molecule has 1 aliphatic rings. The van der Waals surface area contributed by atoms with Gasteiger partial charge in [-0.3, -0.25) is 4.90 Å². The van der Waals surface area contributed by atoms with Crippen LogP contribution >= 0.6 is 0 Å². The molecule has 0 spiro atoms. The number of hydrogen-bond donors (Lipinski definition) is 2. The third-order valence-electron chi connectivity index (χ3n) is 4.30. The third kappa shape index (κ3) is 6.53. The van der Waals surface area contributed by atoms with Crippen molar-refractivity contribution in [2.45, 2.75) is 39.5 Å². The zero-order chi connectivity index (χ0) is 14.8. The minimum absolute atomic E-state index is 0.235. The van der Waals surface area contributed by atoms with E-state index in [1.165, 1.54) is 25.7 Å². The maximum absolute atomic E-state index is 9.24. The lowest BCUT2D eigenvalue weighted by Gasteiger charge is -2.35. The van der Waals surface area contributed by atoms with E-state index in [9.17, 15) is 5.11 Å². The van der Waals surface area contributed by atoms with Gasteiger partial charge in [-0.05, 0) is 30.7 Å². The fourth-order valence-corrected chi connectivity index (χ4v) is 3.25. The van der Waals surface area contributed by atoms with Crippen molar-refractivity contribution in [1.82, 2.24) is 10.2 Å². The van der Waals surface area contributed by atoms with Gasteiger partial charge in [0.15, 0.2) is 0 Å². The lowest BCUT2D eigenvalue weighted by Crippen LogP contribution is -2.45. The Labute approximate surface area is 124 Å². The number of methoxy groups -OCH3 is 1. The lowest BCUT2D eigenvalue weighted by molar-refractivity contribution is 0.0902. The SMILES string of the molecule is COCCN(CCO)CC1(CNCC(C)C)CCCC1. The quantitative estimate of drug-likeness (QED) is 0.607. The van der Waals surface area contributed by atoms with Gasteiger partial charge >= 0.3 is 0 Å². The number of nitrogens with one attached hydrogen (secondary N) is 1. The van der Waals surface area contributed by atoms with Crippen molar-refractivity contribution < 1.29 is 9.84 Å². The van der Waals surface area contributed by atoms with Gasteiger partial charge < -0.3 is 15.2 Å². The van der Waals surface area contributed by atoms with Crippen molar-refractivity contribution in [3.8, 4) is 0 Å². The van der Waals surface area contributed by atoms with Crippen LogP contribution in [0.3, 0.4) is 0 Å². The van der Waals surface area contributed by atoms with E-state index in [1.807, 2.05) is 0 Å². The Morgan fingerprint density at radius 2 is 1.95 bits per heavy atom. The standard InChI is InChI=1S/C16H34N2O2/c1-15(2)12-17-13-16(6-4-5-7-16)14-18(8-10-19)9-11-20-3/h15,17,19H,4-14H2,1-3H3. The van der Waals surface area contributed by atoms with E-state index in [-0.39, 0.29) is 6.61 Å². The van der Waals surface area contributed by atoms with Gasteiger partial charge in [0.25, 0.3) is 0 Å². The van der Waals surface area contributed by atoms with Gasteiger partial charge in [0.1, 0.15) is 0 Å². The third-order valence-corrected chi connectivity index (χ3v) is 4.30. The summed E-state index contributed by atoms with van der Waals surface area (Å²) in [6, 6.07) is 0. The Morgan fingerprint density at radius 3 is 2.50 bits per heavy atom. The van der Waals surface area contributed by atoms with Gasteiger partial charge in [-0.1, -0.05) is 26.7 Å². The summed E-state index contributed by atoms with van der Waals surface area (Å²) >= 11 is 0. The zero-order valence-corrected chi connectivity index (χ0v) is 13.7. The molecule has 2 N–H and O–H groups in total. The molecule has 0 aromatic carbocycles. The molecule has 0 heterocycles. The van der Waals surface area contributed by atoms with E-state index in [4.69, 9.17) is 4.74 Å². The summed E-state index contributed by atoms with van der Waals surface area (Å²) in [5.41, 5.74) is 0.401. The molecule has 1 rings (SSSR count). The predicted molar refractivity (Wildman–Crippen MR) is 84.0 cm³/mol. The number of aliphatic hydroxyl groups is 1. The molecule has 0 amide bonds. The van der Waals surface area contributed by atoms with Crippen molar-refractivity contribution in [2.24, 2.45) is 11.3 Å². The molecular weight excluding hydrogens is 252 g/mol. The number of hydrogen-bond acceptors (Lipinski definition) is 4. The number of aliphatic hydroxyl groups excluding tert-OH is 1. The summed E-state index contributed by atoms with van der Waals surface area (Å²) < 4.78 is 5.19. The van der Waals surface area contributed by atoms with Gasteiger partial charge in [-0.25, -0.2) is 0 Å². The zero-order valence-electron chi connectivity index (χ0n) is 13.7.